The van der Waals surface area contributed by atoms with Crippen LogP contribution in [0.4, 0.5) is 10.6 Å². The van der Waals surface area contributed by atoms with E-state index in [2.05, 4.69) is 10.3 Å². The monoisotopic (exact) mass is 377 g/mol. The minimum Gasteiger partial charge on any atom is -0.481 e. The molecular weight excluding hydrogens is 358 g/mol. The topological polar surface area (TPSA) is 104 Å². The summed E-state index contributed by atoms with van der Waals surface area (Å²) in [6.07, 6.45) is 1.79. The molecule has 0 bridgehead atoms. The Bertz CT molecular complexity index is 1050. The van der Waals surface area contributed by atoms with Crippen molar-refractivity contribution in [2.45, 2.75) is 18.3 Å². The second-order valence-electron chi connectivity index (χ2n) is 7.02. The van der Waals surface area contributed by atoms with Crippen molar-refractivity contribution in [3.8, 4) is 22.4 Å². The zero-order valence-corrected chi connectivity index (χ0v) is 15.2. The van der Waals surface area contributed by atoms with Crippen molar-refractivity contribution in [2.75, 3.05) is 5.32 Å². The third-order valence-electron chi connectivity index (χ3n) is 5.25. The Kier molecular flexibility index (Phi) is 4.15. The molecule has 1 aliphatic rings. The fourth-order valence-corrected chi connectivity index (χ4v) is 3.44. The highest BCUT2D eigenvalue weighted by molar-refractivity contribution is 5.88. The molecule has 1 aromatic heterocycles. The van der Waals surface area contributed by atoms with Gasteiger partial charge in [0, 0.05) is 12.6 Å². The molecule has 0 saturated heterocycles. The van der Waals surface area contributed by atoms with Crippen molar-refractivity contribution in [1.82, 2.24) is 9.55 Å². The number of benzene rings is 2. The van der Waals surface area contributed by atoms with E-state index in [0.29, 0.717) is 24.4 Å². The SMILES string of the molecule is Cn1cnc(-c2ccc(-c3ccc(C4(C(=O)O)CC4)cc3)cc2)c1NC(=O)O. The van der Waals surface area contributed by atoms with Crippen molar-refractivity contribution < 1.29 is 19.8 Å². The molecular formula is C21H19N3O4. The molecule has 7 nitrogen and oxygen atoms in total. The van der Waals surface area contributed by atoms with Crippen molar-refractivity contribution in [2.24, 2.45) is 7.05 Å². The van der Waals surface area contributed by atoms with Crippen LogP contribution in [0.1, 0.15) is 18.4 Å². The molecule has 1 saturated carbocycles. The summed E-state index contributed by atoms with van der Waals surface area (Å²) in [5.74, 6) is -0.348. The lowest BCUT2D eigenvalue weighted by atomic mass is 9.93. The third kappa shape index (κ3) is 3.00. The number of nitrogens with one attached hydrogen (secondary N) is 1. The predicted octanol–water partition coefficient (Wildman–Crippen LogP) is 3.96. The van der Waals surface area contributed by atoms with Gasteiger partial charge in [0.2, 0.25) is 0 Å². The fraction of sp³-hybridized carbons (Fsp3) is 0.190. The van der Waals surface area contributed by atoms with E-state index < -0.39 is 17.5 Å². The minimum atomic E-state index is -1.14. The number of hydrogen-bond acceptors (Lipinski definition) is 3. The molecule has 142 valence electrons. The van der Waals surface area contributed by atoms with Gasteiger partial charge in [-0.05, 0) is 29.5 Å². The Morgan fingerprint density at radius 3 is 2.00 bits per heavy atom. The summed E-state index contributed by atoms with van der Waals surface area (Å²) in [7, 11) is 1.72. The first-order chi connectivity index (χ1) is 13.4. The number of imidazole rings is 1. The van der Waals surface area contributed by atoms with E-state index >= 15 is 0 Å². The first-order valence-electron chi connectivity index (χ1n) is 8.87. The molecule has 3 aromatic rings. The molecule has 2 aromatic carbocycles. The molecule has 0 atom stereocenters. The van der Waals surface area contributed by atoms with Crippen LogP contribution in [0.2, 0.25) is 0 Å². The summed E-state index contributed by atoms with van der Waals surface area (Å²) >= 11 is 0. The molecule has 1 amide bonds. The quantitative estimate of drug-likeness (QED) is 0.624. The van der Waals surface area contributed by atoms with Gasteiger partial charge in [-0.15, -0.1) is 0 Å². The first kappa shape index (κ1) is 17.8. The van der Waals surface area contributed by atoms with E-state index in [9.17, 15) is 14.7 Å². The molecule has 1 fully saturated rings. The number of anilines is 1. The highest BCUT2D eigenvalue weighted by Crippen LogP contribution is 2.48. The van der Waals surface area contributed by atoms with Gasteiger partial charge in [0.1, 0.15) is 11.5 Å². The molecule has 28 heavy (non-hydrogen) atoms. The zero-order valence-electron chi connectivity index (χ0n) is 15.2. The van der Waals surface area contributed by atoms with Crippen LogP contribution < -0.4 is 5.32 Å². The van der Waals surface area contributed by atoms with Gasteiger partial charge in [-0.1, -0.05) is 48.5 Å². The first-order valence-corrected chi connectivity index (χ1v) is 8.87. The highest BCUT2D eigenvalue weighted by atomic mass is 16.4. The smallest absolute Gasteiger partial charge is 0.410 e. The summed E-state index contributed by atoms with van der Waals surface area (Å²) in [6, 6.07) is 15.3. The van der Waals surface area contributed by atoms with Crippen LogP contribution >= 0.6 is 0 Å². The second kappa shape index (κ2) is 6.53. The van der Waals surface area contributed by atoms with Gasteiger partial charge in [-0.2, -0.15) is 0 Å². The van der Waals surface area contributed by atoms with Crippen LogP contribution in [-0.4, -0.2) is 31.8 Å². The standard InChI is InChI=1S/C21H19N3O4/c1-24-12-22-17(18(24)23-20(27)28)15-4-2-13(3-5-15)14-6-8-16(9-7-14)21(10-11-21)19(25)26/h2-9,12,23H,10-11H2,1H3,(H,25,26)(H,27,28). The van der Waals surface area contributed by atoms with E-state index in [-0.39, 0.29) is 0 Å². The van der Waals surface area contributed by atoms with Crippen molar-refractivity contribution >= 4 is 17.9 Å². The molecule has 0 spiro atoms. The lowest BCUT2D eigenvalue weighted by molar-refractivity contribution is -0.140. The van der Waals surface area contributed by atoms with E-state index in [1.807, 2.05) is 48.5 Å². The number of amides is 1. The van der Waals surface area contributed by atoms with Crippen LogP contribution in [0.3, 0.4) is 0 Å². The number of nitrogens with zero attached hydrogens (tertiary/aromatic N) is 2. The van der Waals surface area contributed by atoms with Crippen LogP contribution in [0.5, 0.6) is 0 Å². The number of aryl methyl sites for hydroxylation is 1. The van der Waals surface area contributed by atoms with Gasteiger partial charge in [-0.3, -0.25) is 10.1 Å². The van der Waals surface area contributed by atoms with Gasteiger partial charge in [0.05, 0.1) is 11.7 Å². The van der Waals surface area contributed by atoms with Crippen molar-refractivity contribution in [3.63, 3.8) is 0 Å². The van der Waals surface area contributed by atoms with Gasteiger partial charge >= 0.3 is 12.1 Å². The van der Waals surface area contributed by atoms with Crippen LogP contribution in [0.15, 0.2) is 54.9 Å². The lowest BCUT2D eigenvalue weighted by Crippen LogP contribution is -2.19. The summed E-state index contributed by atoms with van der Waals surface area (Å²) in [6.45, 7) is 0. The maximum absolute atomic E-state index is 11.5. The fourth-order valence-electron chi connectivity index (χ4n) is 3.44. The molecule has 0 radical (unpaired) electrons. The van der Waals surface area contributed by atoms with Gasteiger partial charge in [0.25, 0.3) is 0 Å². The summed E-state index contributed by atoms with van der Waals surface area (Å²) in [5.41, 5.74) is 3.48. The van der Waals surface area contributed by atoms with E-state index in [1.54, 1.807) is 17.9 Å². The number of aromatic nitrogens is 2. The third-order valence-corrected chi connectivity index (χ3v) is 5.25. The normalized spacial score (nSPS) is 14.5. The Morgan fingerprint density at radius 1 is 0.964 bits per heavy atom. The lowest BCUT2D eigenvalue weighted by Gasteiger charge is -2.11. The Hall–Kier alpha value is -3.61. The summed E-state index contributed by atoms with van der Waals surface area (Å²) < 4.78 is 1.62. The number of carbonyl (C=O) groups is 2. The Labute approximate surface area is 161 Å². The number of carboxylic acid groups (broad SMARTS) is 2. The number of rotatable bonds is 5. The minimum absolute atomic E-state index is 0.410. The zero-order chi connectivity index (χ0) is 19.9. The molecule has 0 unspecified atom stereocenters. The van der Waals surface area contributed by atoms with Crippen LogP contribution in [-0.2, 0) is 17.3 Å². The van der Waals surface area contributed by atoms with Gasteiger partial charge in [-0.25, -0.2) is 9.78 Å². The number of carboxylic acids is 1. The van der Waals surface area contributed by atoms with E-state index in [4.69, 9.17) is 5.11 Å². The second-order valence-corrected chi connectivity index (χ2v) is 7.02. The molecule has 0 aliphatic heterocycles. The molecule has 1 heterocycles. The van der Waals surface area contributed by atoms with Crippen LogP contribution in [0, 0.1) is 0 Å². The van der Waals surface area contributed by atoms with Gasteiger partial charge < -0.3 is 14.8 Å². The maximum atomic E-state index is 11.5. The summed E-state index contributed by atoms with van der Waals surface area (Å²) in [4.78, 5) is 26.7. The largest absolute Gasteiger partial charge is 0.481 e. The summed E-state index contributed by atoms with van der Waals surface area (Å²) in [5, 5.41) is 20.8. The number of aliphatic carboxylic acids is 1. The predicted molar refractivity (Wildman–Crippen MR) is 104 cm³/mol. The van der Waals surface area contributed by atoms with E-state index in [1.165, 1.54) is 0 Å². The van der Waals surface area contributed by atoms with Gasteiger partial charge in [0.15, 0.2) is 0 Å². The molecule has 7 heteroatoms. The van der Waals surface area contributed by atoms with Crippen molar-refractivity contribution in [3.05, 3.63) is 60.4 Å². The average Bonchev–Trinajstić information content (AvgIpc) is 3.43. The molecule has 4 rings (SSSR count). The Balaban J connectivity index is 1.59. The van der Waals surface area contributed by atoms with Crippen molar-refractivity contribution in [1.29, 1.82) is 0 Å². The molecule has 1 aliphatic carbocycles. The molecule has 3 N–H and O–H groups in total. The Morgan fingerprint density at radius 2 is 1.50 bits per heavy atom. The number of hydrogen-bond donors (Lipinski definition) is 3. The maximum Gasteiger partial charge on any atom is 0.410 e. The van der Waals surface area contributed by atoms with Crippen LogP contribution in [0.25, 0.3) is 22.4 Å². The van der Waals surface area contributed by atoms with E-state index in [0.717, 1.165) is 22.3 Å². The average molecular weight is 377 g/mol. The highest BCUT2D eigenvalue weighted by Gasteiger charge is 2.51.